The highest BCUT2D eigenvalue weighted by atomic mass is 16.5. The van der Waals surface area contributed by atoms with Gasteiger partial charge in [0.1, 0.15) is 11.5 Å². The molecule has 1 heterocycles. The number of aliphatic hydroxyl groups is 1. The molecule has 2 aromatic rings. The van der Waals surface area contributed by atoms with Crippen LogP contribution in [0, 0.1) is 6.92 Å². The van der Waals surface area contributed by atoms with E-state index in [4.69, 9.17) is 9.47 Å². The molecule has 0 saturated heterocycles. The molecule has 1 aliphatic heterocycles. The number of ether oxygens (including phenoxy) is 2. The van der Waals surface area contributed by atoms with E-state index in [0.717, 1.165) is 35.7 Å². The number of hydrogen-bond donors (Lipinski definition) is 1. The Balaban J connectivity index is 1.83. The van der Waals surface area contributed by atoms with Gasteiger partial charge >= 0.3 is 0 Å². The second-order valence-corrected chi connectivity index (χ2v) is 5.50. The molecule has 0 bridgehead atoms. The molecule has 1 unspecified atom stereocenters. The second-order valence-electron chi connectivity index (χ2n) is 5.50. The third-order valence-electron chi connectivity index (χ3n) is 3.95. The lowest BCUT2D eigenvalue weighted by atomic mass is 9.97. The predicted octanol–water partition coefficient (Wildman–Crippen LogP) is 3.21. The summed E-state index contributed by atoms with van der Waals surface area (Å²) >= 11 is 0. The number of methoxy groups -OCH3 is 1. The Morgan fingerprint density at radius 2 is 2.10 bits per heavy atom. The average molecular weight is 284 g/mol. The third-order valence-corrected chi connectivity index (χ3v) is 3.95. The van der Waals surface area contributed by atoms with Gasteiger partial charge < -0.3 is 14.6 Å². The Kier molecular flexibility index (Phi) is 3.84. The van der Waals surface area contributed by atoms with Crippen molar-refractivity contribution in [2.75, 3.05) is 13.7 Å². The first-order chi connectivity index (χ1) is 10.2. The first-order valence-electron chi connectivity index (χ1n) is 7.24. The zero-order valence-corrected chi connectivity index (χ0v) is 12.4. The standard InChI is InChI=1S/C18H20O3/c1-12-3-5-17(20-2)15(9-12)11-16(19)13-4-6-18-14(10-13)7-8-21-18/h3-6,9-10,16,19H,7-8,11H2,1-2H3. The van der Waals surface area contributed by atoms with Gasteiger partial charge in [-0.3, -0.25) is 0 Å². The third kappa shape index (κ3) is 2.88. The van der Waals surface area contributed by atoms with Crippen LogP contribution in [-0.2, 0) is 12.8 Å². The number of fused-ring (bicyclic) bond motifs is 1. The average Bonchev–Trinajstić information content (AvgIpc) is 2.94. The van der Waals surface area contributed by atoms with Gasteiger partial charge in [0, 0.05) is 12.8 Å². The van der Waals surface area contributed by atoms with E-state index in [1.165, 1.54) is 11.1 Å². The van der Waals surface area contributed by atoms with Crippen molar-refractivity contribution in [1.82, 2.24) is 0 Å². The molecule has 0 aromatic heterocycles. The van der Waals surface area contributed by atoms with E-state index in [-0.39, 0.29) is 0 Å². The molecule has 110 valence electrons. The van der Waals surface area contributed by atoms with Gasteiger partial charge in [-0.15, -0.1) is 0 Å². The van der Waals surface area contributed by atoms with Crippen molar-refractivity contribution >= 4 is 0 Å². The van der Waals surface area contributed by atoms with Gasteiger partial charge in [-0.05, 0) is 41.8 Å². The first kappa shape index (κ1) is 14.0. The Bertz CT molecular complexity index is 649. The molecule has 3 rings (SSSR count). The van der Waals surface area contributed by atoms with Crippen LogP contribution in [0.2, 0.25) is 0 Å². The van der Waals surface area contributed by atoms with Crippen LogP contribution in [0.3, 0.4) is 0 Å². The Morgan fingerprint density at radius 1 is 1.24 bits per heavy atom. The van der Waals surface area contributed by atoms with Crippen molar-refractivity contribution in [3.63, 3.8) is 0 Å². The fourth-order valence-corrected chi connectivity index (χ4v) is 2.81. The minimum absolute atomic E-state index is 0.536. The summed E-state index contributed by atoms with van der Waals surface area (Å²) in [4.78, 5) is 0. The molecule has 1 atom stereocenters. The van der Waals surface area contributed by atoms with E-state index in [1.807, 2.05) is 31.2 Å². The number of rotatable bonds is 4. The van der Waals surface area contributed by atoms with Gasteiger partial charge in [0.15, 0.2) is 0 Å². The molecule has 0 spiro atoms. The quantitative estimate of drug-likeness (QED) is 0.937. The van der Waals surface area contributed by atoms with Crippen LogP contribution in [-0.4, -0.2) is 18.8 Å². The van der Waals surface area contributed by atoms with E-state index in [1.54, 1.807) is 7.11 Å². The summed E-state index contributed by atoms with van der Waals surface area (Å²) in [5, 5.41) is 10.5. The highest BCUT2D eigenvalue weighted by Crippen LogP contribution is 2.31. The molecule has 3 heteroatoms. The number of aryl methyl sites for hydroxylation is 1. The molecule has 0 fully saturated rings. The van der Waals surface area contributed by atoms with Crippen LogP contribution in [0.5, 0.6) is 11.5 Å². The van der Waals surface area contributed by atoms with Crippen molar-refractivity contribution in [3.8, 4) is 11.5 Å². The minimum atomic E-state index is -0.536. The van der Waals surface area contributed by atoms with Crippen molar-refractivity contribution in [3.05, 3.63) is 58.7 Å². The predicted molar refractivity (Wildman–Crippen MR) is 82.0 cm³/mol. The van der Waals surface area contributed by atoms with Crippen LogP contribution >= 0.6 is 0 Å². The maximum atomic E-state index is 10.5. The number of benzene rings is 2. The molecular formula is C18H20O3. The van der Waals surface area contributed by atoms with Crippen molar-refractivity contribution in [2.45, 2.75) is 25.9 Å². The minimum Gasteiger partial charge on any atom is -0.496 e. The van der Waals surface area contributed by atoms with Gasteiger partial charge in [0.05, 0.1) is 19.8 Å². The van der Waals surface area contributed by atoms with E-state index in [0.29, 0.717) is 6.42 Å². The Labute approximate surface area is 125 Å². The van der Waals surface area contributed by atoms with Gasteiger partial charge in [-0.25, -0.2) is 0 Å². The zero-order chi connectivity index (χ0) is 14.8. The molecule has 0 saturated carbocycles. The van der Waals surface area contributed by atoms with Crippen LogP contribution in [0.15, 0.2) is 36.4 Å². The normalized spacial score (nSPS) is 14.4. The summed E-state index contributed by atoms with van der Waals surface area (Å²) in [7, 11) is 1.66. The smallest absolute Gasteiger partial charge is 0.122 e. The summed E-state index contributed by atoms with van der Waals surface area (Å²) in [6.45, 7) is 2.78. The molecule has 2 aromatic carbocycles. The monoisotopic (exact) mass is 284 g/mol. The summed E-state index contributed by atoms with van der Waals surface area (Å²) < 4.78 is 10.9. The van der Waals surface area contributed by atoms with Gasteiger partial charge in [-0.2, -0.15) is 0 Å². The van der Waals surface area contributed by atoms with Crippen LogP contribution in [0.4, 0.5) is 0 Å². The fraction of sp³-hybridized carbons (Fsp3) is 0.333. The lowest BCUT2D eigenvalue weighted by Crippen LogP contribution is -2.04. The molecule has 1 N–H and O–H groups in total. The Morgan fingerprint density at radius 3 is 2.90 bits per heavy atom. The molecule has 1 aliphatic rings. The topological polar surface area (TPSA) is 38.7 Å². The molecule has 0 aliphatic carbocycles. The largest absolute Gasteiger partial charge is 0.496 e. The molecule has 21 heavy (non-hydrogen) atoms. The van der Waals surface area contributed by atoms with E-state index in [2.05, 4.69) is 12.1 Å². The first-order valence-corrected chi connectivity index (χ1v) is 7.24. The highest BCUT2D eigenvalue weighted by Gasteiger charge is 2.17. The summed E-state index contributed by atoms with van der Waals surface area (Å²) in [5.74, 6) is 1.77. The van der Waals surface area contributed by atoms with E-state index in [9.17, 15) is 5.11 Å². The van der Waals surface area contributed by atoms with E-state index < -0.39 is 6.10 Å². The van der Waals surface area contributed by atoms with Crippen LogP contribution in [0.1, 0.15) is 28.4 Å². The van der Waals surface area contributed by atoms with Crippen LogP contribution < -0.4 is 9.47 Å². The lowest BCUT2D eigenvalue weighted by Gasteiger charge is -2.15. The molecule has 3 nitrogen and oxygen atoms in total. The van der Waals surface area contributed by atoms with E-state index >= 15 is 0 Å². The summed E-state index contributed by atoms with van der Waals surface area (Å²) in [6.07, 6.45) is 0.931. The SMILES string of the molecule is COc1ccc(C)cc1CC(O)c1ccc2c(c1)CCO2. The van der Waals surface area contributed by atoms with Crippen molar-refractivity contribution in [1.29, 1.82) is 0 Å². The van der Waals surface area contributed by atoms with Gasteiger partial charge in [0.25, 0.3) is 0 Å². The van der Waals surface area contributed by atoms with Crippen molar-refractivity contribution in [2.24, 2.45) is 0 Å². The number of aliphatic hydroxyl groups excluding tert-OH is 1. The zero-order valence-electron chi connectivity index (χ0n) is 12.4. The van der Waals surface area contributed by atoms with Gasteiger partial charge in [0.2, 0.25) is 0 Å². The lowest BCUT2D eigenvalue weighted by molar-refractivity contribution is 0.177. The maximum absolute atomic E-state index is 10.5. The van der Waals surface area contributed by atoms with Crippen molar-refractivity contribution < 1.29 is 14.6 Å². The summed E-state index contributed by atoms with van der Waals surface area (Å²) in [6, 6.07) is 12.0. The summed E-state index contributed by atoms with van der Waals surface area (Å²) in [5.41, 5.74) is 4.31. The van der Waals surface area contributed by atoms with Gasteiger partial charge in [-0.1, -0.05) is 23.8 Å². The number of hydrogen-bond acceptors (Lipinski definition) is 3. The van der Waals surface area contributed by atoms with Crippen LogP contribution in [0.25, 0.3) is 0 Å². The molecule has 0 radical (unpaired) electrons. The molecular weight excluding hydrogens is 264 g/mol. The fourth-order valence-electron chi connectivity index (χ4n) is 2.81. The second kappa shape index (κ2) is 5.78. The maximum Gasteiger partial charge on any atom is 0.122 e. The Hall–Kier alpha value is -2.00. The highest BCUT2D eigenvalue weighted by molar-refractivity contribution is 5.42. The molecule has 0 amide bonds.